The second kappa shape index (κ2) is 33.8. The van der Waals surface area contributed by atoms with Crippen LogP contribution in [0.4, 0.5) is 27.6 Å². The van der Waals surface area contributed by atoms with Gasteiger partial charge in [-0.15, -0.1) is 0 Å². The van der Waals surface area contributed by atoms with Crippen LogP contribution in [0.3, 0.4) is 0 Å². The average molecular weight is 1360 g/mol. The van der Waals surface area contributed by atoms with Gasteiger partial charge < -0.3 is 54.3 Å². The second-order valence-corrected chi connectivity index (χ2v) is 28.8. The number of hydrogen-bond donors (Lipinski definition) is 4. The predicted molar refractivity (Wildman–Crippen MR) is 346 cm³/mol. The van der Waals surface area contributed by atoms with Crippen LogP contribution in [0.1, 0.15) is 77.8 Å². The van der Waals surface area contributed by atoms with E-state index in [0.717, 1.165) is 73.8 Å². The van der Waals surface area contributed by atoms with Crippen molar-refractivity contribution < 1.29 is 77.4 Å². The van der Waals surface area contributed by atoms with Crippen LogP contribution < -0.4 is 5.32 Å². The predicted octanol–water partition coefficient (Wildman–Crippen LogP) is 9.28. The molecule has 3 atom stereocenters. The van der Waals surface area contributed by atoms with E-state index in [2.05, 4.69) is 5.32 Å². The zero-order valence-electron chi connectivity index (χ0n) is 51.8. The molecule has 0 aromatic heterocycles. The van der Waals surface area contributed by atoms with Gasteiger partial charge in [0, 0.05) is 48.8 Å². The summed E-state index contributed by atoms with van der Waals surface area (Å²) in [7, 11) is -3.34. The molecule has 3 aliphatic heterocycles. The number of sulfone groups is 3. The molecule has 0 saturated carbocycles. The minimum Gasteiger partial charge on any atom is -0.445 e. The summed E-state index contributed by atoms with van der Waals surface area (Å²) in [6.07, 6.45) is 1.49. The molecule has 4 N–H and O–H groups in total. The lowest BCUT2D eigenvalue weighted by Crippen LogP contribution is -2.34. The molecule has 0 spiro atoms. The summed E-state index contributed by atoms with van der Waals surface area (Å²) in [5.74, 6) is -1.46. The fourth-order valence-corrected chi connectivity index (χ4v) is 14.4. The third-order valence-corrected chi connectivity index (χ3v) is 21.0. The Morgan fingerprint density at radius 2 is 0.859 bits per heavy atom. The summed E-state index contributed by atoms with van der Waals surface area (Å²) >= 11 is 4.90. The van der Waals surface area contributed by atoms with Crippen LogP contribution in [0, 0.1) is 17.5 Å². The van der Waals surface area contributed by atoms with Gasteiger partial charge in [0.2, 0.25) is 29.5 Å². The van der Waals surface area contributed by atoms with Crippen molar-refractivity contribution in [3.8, 4) is 0 Å². The first-order chi connectivity index (χ1) is 42.8. The number of rotatable bonds is 16. The van der Waals surface area contributed by atoms with E-state index in [9.17, 15) is 68.0 Å². The third-order valence-electron chi connectivity index (χ3n) is 15.4. The van der Waals surface area contributed by atoms with E-state index < -0.39 is 78.6 Å². The molecule has 6 aromatic carbocycles. The first-order valence-corrected chi connectivity index (χ1v) is 33.8. The lowest BCUT2D eigenvalue weighted by molar-refractivity contribution is 0.111. The number of carbonyl (C=O) groups is 3. The van der Waals surface area contributed by atoms with Gasteiger partial charge in [-0.2, -0.15) is 0 Å². The van der Waals surface area contributed by atoms with Gasteiger partial charge in [-0.05, 0) is 219 Å². The molecule has 0 aliphatic carbocycles. The number of amides is 3. The first kappa shape index (κ1) is 75.9. The quantitative estimate of drug-likeness (QED) is 0.0400. The van der Waals surface area contributed by atoms with Crippen molar-refractivity contribution in [2.45, 2.75) is 107 Å². The second-order valence-electron chi connectivity index (χ2n) is 22.6. The zero-order chi connectivity index (χ0) is 67.1. The lowest BCUT2D eigenvalue weighted by atomic mass is 9.85. The van der Waals surface area contributed by atoms with Crippen molar-refractivity contribution in [2.75, 3.05) is 81.6 Å². The Bertz CT molecular complexity index is 3870. The van der Waals surface area contributed by atoms with Crippen LogP contribution >= 0.6 is 11.6 Å². The Morgan fingerprint density at radius 3 is 1.14 bits per heavy atom. The average Bonchev–Trinajstić information content (AvgIpc) is 1.04. The number of nitrogens with zero attached hydrogens (tertiary/aromatic N) is 5. The molecule has 29 heteroatoms. The Hall–Kier alpha value is -6.85. The highest BCUT2D eigenvalue weighted by molar-refractivity contribution is 7.92. The van der Waals surface area contributed by atoms with Crippen molar-refractivity contribution in [2.24, 2.45) is 0 Å². The van der Waals surface area contributed by atoms with Crippen LogP contribution in [0.2, 0.25) is 13.6 Å². The summed E-state index contributed by atoms with van der Waals surface area (Å²) in [5.41, 5.74) is 4.46. The number of halogens is 4. The van der Waals surface area contributed by atoms with Gasteiger partial charge in [0.1, 0.15) is 30.7 Å². The van der Waals surface area contributed by atoms with Crippen molar-refractivity contribution >= 4 is 72.8 Å². The van der Waals surface area contributed by atoms with E-state index in [4.69, 9.17) is 21.1 Å². The molecule has 3 amide bonds. The van der Waals surface area contributed by atoms with Gasteiger partial charge in [0.05, 0.1) is 36.0 Å². The van der Waals surface area contributed by atoms with Gasteiger partial charge in [-0.25, -0.2) is 48.0 Å². The lowest BCUT2D eigenvalue weighted by Gasteiger charge is -2.20. The van der Waals surface area contributed by atoms with Crippen LogP contribution in [0.5, 0.6) is 0 Å². The summed E-state index contributed by atoms with van der Waals surface area (Å²) in [6, 6.07) is 28.9. The number of benzene rings is 6. The van der Waals surface area contributed by atoms with Crippen LogP contribution in [0.25, 0.3) is 0 Å². The largest absolute Gasteiger partial charge is 0.445 e. The summed E-state index contributed by atoms with van der Waals surface area (Å²) < 4.78 is 129. The highest BCUT2D eigenvalue weighted by Gasteiger charge is 2.33. The summed E-state index contributed by atoms with van der Waals surface area (Å²) in [5, 5.41) is 32.2. The number of nitrogens with one attached hydrogen (secondary N) is 1. The van der Waals surface area contributed by atoms with Gasteiger partial charge in [-0.3, -0.25) is 4.79 Å². The van der Waals surface area contributed by atoms with Gasteiger partial charge >= 0.3 is 31.7 Å². The fraction of sp³-hybridized carbons (Fsp3) is 0.381. The maximum Gasteiger partial charge on any atom is 0.409 e. The monoisotopic (exact) mass is 1350 g/mol. The topological polar surface area (TPSA) is 261 Å². The van der Waals surface area contributed by atoms with E-state index in [-0.39, 0.29) is 74.4 Å². The van der Waals surface area contributed by atoms with E-state index in [1.807, 2.05) is 9.62 Å². The molecule has 3 aliphatic rings. The third kappa shape index (κ3) is 20.1. The minimum absolute atomic E-state index is 0. The fourth-order valence-electron chi connectivity index (χ4n) is 10.4. The molecular formula is C63H80B2ClF3N6O14S3. The van der Waals surface area contributed by atoms with E-state index >= 15 is 0 Å². The minimum atomic E-state index is -3.94. The molecule has 6 aromatic rings. The molecule has 92 heavy (non-hydrogen) atoms. The molecule has 3 unspecified atom stereocenters. The first-order valence-electron chi connectivity index (χ1n) is 29.0. The maximum atomic E-state index is 13.6. The molecule has 0 radical (unpaired) electrons. The normalized spacial score (nSPS) is 16.4. The number of aliphatic hydroxyl groups is 1. The van der Waals surface area contributed by atoms with Crippen molar-refractivity contribution in [3.05, 3.63) is 178 Å². The van der Waals surface area contributed by atoms with Crippen molar-refractivity contribution in [3.63, 3.8) is 0 Å². The van der Waals surface area contributed by atoms with Crippen molar-refractivity contribution in [1.82, 2.24) is 29.6 Å². The smallest absolute Gasteiger partial charge is 0.409 e. The van der Waals surface area contributed by atoms with Gasteiger partial charge in [0.15, 0.2) is 0 Å². The highest BCUT2D eigenvalue weighted by Crippen LogP contribution is 2.36. The standard InChI is InChI=1S/C21H26BFN2O5S.C20H23FN2O4S.C18H21BFNO4S.C3H6ClNO.CH4/c1-22(27)25-10-9-15(13-25)20-8-7-19(11-16(20)14-30-21(26)24(2)3)31(28,29)18-6-4-5-17(23)12-18;1-23(2)20(24)27-13-15-10-18(6-7-19(15)14-8-9-22-12-14)28(25,26)17-5-3-4-16(21)11-17;1-19(23)21-8-7-13(11-21)18-6-5-17(9-14(18)12-22)26(24,25)16-4-2-3-15(20)10-16;1-5(2)3(4)6;/h4-8,11-12,15,27H,9-10,13-14H2,1-3H3;3-7,10-11,14,22H,8-9,12-13H2,1-2H3;2-6,9-10,13,22-23H,7-8,11-12H2,1H3;1-2H3;1H4. The number of carbonyl (C=O) groups excluding carboxylic acids is 3. The van der Waals surface area contributed by atoms with Crippen LogP contribution in [0.15, 0.2) is 157 Å². The number of aliphatic hydroxyl groups excluding tert-OH is 1. The van der Waals surface area contributed by atoms with Crippen molar-refractivity contribution in [1.29, 1.82) is 0 Å². The van der Waals surface area contributed by atoms with E-state index in [1.165, 1.54) is 106 Å². The molecule has 3 heterocycles. The molecular weight excluding hydrogens is 1270 g/mol. The Kier molecular flexibility index (Phi) is 27.9. The number of hydrogen-bond acceptors (Lipinski definition) is 17. The molecule has 3 saturated heterocycles. The SMILES string of the molecule is C.CB(O)N1CCC(c2ccc(S(=O)(=O)c3cccc(F)c3)cc2CO)C1.CB(O)N1CCC(c2ccc(S(=O)(=O)c3cccc(F)c3)cc2COC(=O)N(C)C)C1.CN(C)C(=O)Cl.CN(C)C(=O)OCc1cc(S(=O)(=O)c2cccc(F)c2)ccc1C1CCNC1. The number of ether oxygens (including phenoxy) is 2. The zero-order valence-corrected chi connectivity index (χ0v) is 55.0. The van der Waals surface area contributed by atoms with E-state index in [1.54, 1.807) is 74.1 Å². The van der Waals surface area contributed by atoms with E-state index in [0.29, 0.717) is 36.3 Å². The van der Waals surface area contributed by atoms with Gasteiger partial charge in [-0.1, -0.05) is 43.8 Å². The molecule has 0 bridgehead atoms. The van der Waals surface area contributed by atoms with Gasteiger partial charge in [0.25, 0.3) is 0 Å². The van der Waals surface area contributed by atoms with Crippen LogP contribution in [-0.4, -0.2) is 178 Å². The summed E-state index contributed by atoms with van der Waals surface area (Å²) in [6.45, 7) is 7.39. The molecule has 9 rings (SSSR count). The highest BCUT2D eigenvalue weighted by atomic mass is 35.5. The molecule has 498 valence electrons. The Morgan fingerprint density at radius 1 is 0.533 bits per heavy atom. The summed E-state index contributed by atoms with van der Waals surface area (Å²) in [4.78, 5) is 41.1. The maximum absolute atomic E-state index is 13.6. The molecule has 3 fully saturated rings. The molecule has 20 nitrogen and oxygen atoms in total. The van der Waals surface area contributed by atoms with Crippen LogP contribution in [-0.2, 0) is 58.8 Å². The Labute approximate surface area is 543 Å². The Balaban J connectivity index is 0.000000239.